The number of aliphatic carboxylic acids is 1. The second-order valence-corrected chi connectivity index (χ2v) is 11.3. The van der Waals surface area contributed by atoms with Crippen LogP contribution in [-0.2, 0) is 4.79 Å². The van der Waals surface area contributed by atoms with Gasteiger partial charge >= 0.3 is 5.97 Å². The van der Waals surface area contributed by atoms with Crippen molar-refractivity contribution in [3.05, 3.63) is 59.4 Å². The number of aromatic nitrogens is 2. The van der Waals surface area contributed by atoms with Crippen LogP contribution in [0.2, 0.25) is 5.02 Å². The zero-order chi connectivity index (χ0) is 26.3. The van der Waals surface area contributed by atoms with Gasteiger partial charge in [0.15, 0.2) is 0 Å². The van der Waals surface area contributed by atoms with Crippen LogP contribution in [0.4, 0.5) is 0 Å². The lowest BCUT2D eigenvalue weighted by atomic mass is 9.71. The maximum absolute atomic E-state index is 11.8. The summed E-state index contributed by atoms with van der Waals surface area (Å²) in [5, 5.41) is 23.1. The highest BCUT2D eigenvalue weighted by atomic mass is 35.5. The maximum atomic E-state index is 11.8. The molecule has 0 spiro atoms. The number of carboxylic acid groups (broad SMARTS) is 1. The number of aliphatic hydroxyl groups excluding tert-OH is 1. The molecule has 1 fully saturated rings. The number of fused-ring (bicyclic) bond motifs is 1. The number of pyridine rings is 2. The van der Waals surface area contributed by atoms with Crippen LogP contribution < -0.4 is 4.74 Å². The number of methoxy groups -OCH3 is 1. The van der Waals surface area contributed by atoms with Crippen LogP contribution in [0.1, 0.15) is 50.2 Å². The summed E-state index contributed by atoms with van der Waals surface area (Å²) in [6, 6.07) is 11.5. The summed E-state index contributed by atoms with van der Waals surface area (Å²) >= 11 is 8.25. The Labute approximate surface area is 227 Å². The SMILES string of the molecule is COc1ccc2ncc(Cl)c([C@H](O)CCC3(CC(=O)O)CCN(CCCSc4ccccn4)CC3)c2c1. The number of likely N-dealkylation sites (tertiary alicyclic amines) is 1. The van der Waals surface area contributed by atoms with Gasteiger partial charge in [-0.3, -0.25) is 9.78 Å². The number of hydrogen-bond donors (Lipinski definition) is 2. The van der Waals surface area contributed by atoms with Crippen molar-refractivity contribution in [2.75, 3.05) is 32.5 Å². The number of hydrogen-bond acceptors (Lipinski definition) is 7. The Morgan fingerprint density at radius 1 is 1.24 bits per heavy atom. The van der Waals surface area contributed by atoms with Crippen LogP contribution in [0.25, 0.3) is 10.9 Å². The summed E-state index contributed by atoms with van der Waals surface area (Å²) in [6.45, 7) is 2.73. The van der Waals surface area contributed by atoms with Crippen LogP contribution in [0.15, 0.2) is 53.8 Å². The van der Waals surface area contributed by atoms with Crippen molar-refractivity contribution in [3.8, 4) is 5.75 Å². The van der Waals surface area contributed by atoms with E-state index >= 15 is 0 Å². The zero-order valence-corrected chi connectivity index (χ0v) is 22.7. The summed E-state index contributed by atoms with van der Waals surface area (Å²) in [6.07, 6.45) is 6.39. The summed E-state index contributed by atoms with van der Waals surface area (Å²) in [4.78, 5) is 22.9. The van der Waals surface area contributed by atoms with E-state index in [0.717, 1.165) is 60.6 Å². The highest BCUT2D eigenvalue weighted by molar-refractivity contribution is 7.99. The number of piperidine rings is 1. The number of halogens is 1. The molecule has 0 amide bonds. The Morgan fingerprint density at radius 3 is 2.76 bits per heavy atom. The van der Waals surface area contributed by atoms with Gasteiger partial charge < -0.3 is 19.8 Å². The molecule has 3 heterocycles. The average molecular weight is 544 g/mol. The Kier molecular flexibility index (Phi) is 9.65. The predicted molar refractivity (Wildman–Crippen MR) is 147 cm³/mol. The molecule has 2 aromatic heterocycles. The fourth-order valence-electron chi connectivity index (χ4n) is 5.21. The highest BCUT2D eigenvalue weighted by Crippen LogP contribution is 2.43. The smallest absolute Gasteiger partial charge is 0.303 e. The minimum Gasteiger partial charge on any atom is -0.497 e. The maximum Gasteiger partial charge on any atom is 0.303 e. The number of rotatable bonds is 12. The Morgan fingerprint density at radius 2 is 2.05 bits per heavy atom. The molecule has 1 aliphatic heterocycles. The van der Waals surface area contributed by atoms with Crippen LogP contribution in [0.3, 0.4) is 0 Å². The first kappa shape index (κ1) is 27.6. The number of carbonyl (C=O) groups is 1. The van der Waals surface area contributed by atoms with Crippen LogP contribution in [-0.4, -0.2) is 63.5 Å². The van der Waals surface area contributed by atoms with Crippen molar-refractivity contribution in [2.45, 2.75) is 49.7 Å². The summed E-state index contributed by atoms with van der Waals surface area (Å²) in [5.41, 5.74) is 1.02. The summed E-state index contributed by atoms with van der Waals surface area (Å²) < 4.78 is 5.35. The molecule has 7 nitrogen and oxygen atoms in total. The molecule has 1 atom stereocenters. The third kappa shape index (κ3) is 7.35. The average Bonchev–Trinajstić information content (AvgIpc) is 2.90. The van der Waals surface area contributed by atoms with E-state index in [-0.39, 0.29) is 11.8 Å². The Hall–Kier alpha value is -2.39. The van der Waals surface area contributed by atoms with Gasteiger partial charge in [0.25, 0.3) is 0 Å². The van der Waals surface area contributed by atoms with Crippen molar-refractivity contribution in [3.63, 3.8) is 0 Å². The topological polar surface area (TPSA) is 95.8 Å². The second-order valence-electron chi connectivity index (χ2n) is 9.74. The molecule has 4 rings (SSSR count). The van der Waals surface area contributed by atoms with E-state index in [1.54, 1.807) is 25.1 Å². The normalized spacial score (nSPS) is 16.5. The monoisotopic (exact) mass is 543 g/mol. The first-order valence-corrected chi connectivity index (χ1v) is 14.0. The van der Waals surface area contributed by atoms with Gasteiger partial charge in [0.1, 0.15) is 5.75 Å². The lowest BCUT2D eigenvalue weighted by molar-refractivity contribution is -0.141. The van der Waals surface area contributed by atoms with Crippen molar-refractivity contribution in [1.82, 2.24) is 14.9 Å². The molecular formula is C28H34ClN3O4S. The molecule has 1 aromatic carbocycles. The third-order valence-corrected chi connectivity index (χ3v) is 8.63. The van der Waals surface area contributed by atoms with Crippen molar-refractivity contribution < 1.29 is 19.7 Å². The molecule has 0 saturated carbocycles. The van der Waals surface area contributed by atoms with E-state index in [9.17, 15) is 15.0 Å². The number of nitrogens with zero attached hydrogens (tertiary/aromatic N) is 3. The number of aliphatic hydroxyl groups is 1. The predicted octanol–water partition coefficient (Wildman–Crippen LogP) is 5.84. The largest absolute Gasteiger partial charge is 0.497 e. The molecule has 37 heavy (non-hydrogen) atoms. The molecule has 1 saturated heterocycles. The van der Waals surface area contributed by atoms with E-state index < -0.39 is 12.1 Å². The highest BCUT2D eigenvalue weighted by Gasteiger charge is 2.37. The fraction of sp³-hybridized carbons (Fsp3) is 0.464. The van der Waals surface area contributed by atoms with Crippen LogP contribution >= 0.6 is 23.4 Å². The number of thioether (sulfide) groups is 1. The summed E-state index contributed by atoms with van der Waals surface area (Å²) in [5.74, 6) is 0.885. The lowest BCUT2D eigenvalue weighted by Crippen LogP contribution is -2.41. The van der Waals surface area contributed by atoms with Gasteiger partial charge in [-0.25, -0.2) is 4.98 Å². The van der Waals surface area contributed by atoms with E-state index in [4.69, 9.17) is 16.3 Å². The first-order valence-electron chi connectivity index (χ1n) is 12.7. The van der Waals surface area contributed by atoms with Gasteiger partial charge in [-0.1, -0.05) is 17.7 Å². The van der Waals surface area contributed by atoms with E-state index in [2.05, 4.69) is 14.9 Å². The van der Waals surface area contributed by atoms with Gasteiger partial charge in [0.2, 0.25) is 0 Å². The van der Waals surface area contributed by atoms with Crippen molar-refractivity contribution in [2.24, 2.45) is 5.41 Å². The van der Waals surface area contributed by atoms with E-state index in [1.165, 1.54) is 0 Å². The molecular weight excluding hydrogens is 510 g/mol. The van der Waals surface area contributed by atoms with Crippen LogP contribution in [0.5, 0.6) is 5.75 Å². The molecule has 0 bridgehead atoms. The Balaban J connectivity index is 1.35. The standard InChI is InChI=1S/C28H34ClN3O4S/c1-36-20-6-7-23-21(17-20)27(22(29)19-31-23)24(33)8-9-28(18-26(34)35)10-14-32(15-11-28)13-4-16-37-25-5-2-3-12-30-25/h2-3,5-7,12,17,19,24,33H,4,8-11,13-16,18H2,1H3,(H,34,35)/t24-/m1/s1. The molecule has 9 heteroatoms. The number of carboxylic acids is 1. The van der Waals surface area contributed by atoms with Crippen molar-refractivity contribution in [1.29, 1.82) is 0 Å². The zero-order valence-electron chi connectivity index (χ0n) is 21.1. The van der Waals surface area contributed by atoms with E-state index in [1.807, 2.05) is 42.6 Å². The minimum atomic E-state index is -0.822. The van der Waals surface area contributed by atoms with E-state index in [0.29, 0.717) is 29.2 Å². The molecule has 2 N–H and O–H groups in total. The minimum absolute atomic E-state index is 0.113. The molecule has 198 valence electrons. The van der Waals surface area contributed by atoms with Gasteiger partial charge in [-0.15, -0.1) is 11.8 Å². The van der Waals surface area contributed by atoms with Gasteiger partial charge in [-0.05, 0) is 87.5 Å². The molecule has 0 aliphatic carbocycles. The van der Waals surface area contributed by atoms with Gasteiger partial charge in [-0.2, -0.15) is 0 Å². The fourth-order valence-corrected chi connectivity index (χ4v) is 6.27. The van der Waals surface area contributed by atoms with Crippen molar-refractivity contribution >= 4 is 40.2 Å². The molecule has 1 aliphatic rings. The molecule has 0 radical (unpaired) electrons. The number of ether oxygens (including phenoxy) is 1. The molecule has 3 aromatic rings. The van der Waals surface area contributed by atoms with Crippen LogP contribution in [0, 0.1) is 5.41 Å². The Bertz CT molecular complexity index is 1190. The quantitative estimate of drug-likeness (QED) is 0.217. The first-order chi connectivity index (χ1) is 17.9. The summed E-state index contributed by atoms with van der Waals surface area (Å²) in [7, 11) is 1.59. The lowest BCUT2D eigenvalue weighted by Gasteiger charge is -2.41. The number of benzene rings is 1. The third-order valence-electron chi connectivity index (χ3n) is 7.30. The van der Waals surface area contributed by atoms with Gasteiger partial charge in [0, 0.05) is 29.1 Å². The second kappa shape index (κ2) is 12.9. The molecule has 0 unspecified atom stereocenters. The van der Waals surface area contributed by atoms with Gasteiger partial charge in [0.05, 0.1) is 35.2 Å².